The molecule has 10 nitrogen and oxygen atoms in total. The summed E-state index contributed by atoms with van der Waals surface area (Å²) >= 11 is 0. The monoisotopic (exact) mass is 529 g/mol. The molecule has 1 heterocycles. The van der Waals surface area contributed by atoms with Gasteiger partial charge in [0.15, 0.2) is 5.71 Å². The smallest absolute Gasteiger partial charge is 0.324 e. The van der Waals surface area contributed by atoms with Crippen LogP contribution >= 0.6 is 0 Å². The lowest BCUT2D eigenvalue weighted by Gasteiger charge is -2.31. The molecule has 0 aromatic heterocycles. The molecule has 0 bridgehead atoms. The van der Waals surface area contributed by atoms with Crippen molar-refractivity contribution in [2.45, 2.75) is 33.0 Å². The van der Waals surface area contributed by atoms with Crippen LogP contribution in [-0.2, 0) is 9.59 Å². The van der Waals surface area contributed by atoms with Crippen molar-refractivity contribution in [2.75, 3.05) is 28.8 Å². The predicted octanol–water partition coefficient (Wildman–Crippen LogP) is 3.95. The summed E-state index contributed by atoms with van der Waals surface area (Å²) in [5.41, 5.74) is 2.25. The summed E-state index contributed by atoms with van der Waals surface area (Å²) in [4.78, 5) is 43.2. The van der Waals surface area contributed by atoms with Gasteiger partial charge in [0.1, 0.15) is 12.3 Å². The van der Waals surface area contributed by atoms with Crippen LogP contribution in [0.1, 0.15) is 26.3 Å². The summed E-state index contributed by atoms with van der Waals surface area (Å²) in [5, 5.41) is 18.5. The summed E-state index contributed by atoms with van der Waals surface area (Å²) in [6, 6.07) is 21.6. The van der Waals surface area contributed by atoms with E-state index in [0.717, 1.165) is 0 Å². The summed E-state index contributed by atoms with van der Waals surface area (Å²) in [5.74, 6) is -0.442. The van der Waals surface area contributed by atoms with Gasteiger partial charge < -0.3 is 20.2 Å². The molecule has 4 amide bonds. The fourth-order valence-electron chi connectivity index (χ4n) is 4.47. The number of ether oxygens (including phenoxy) is 1. The molecule has 1 unspecified atom stereocenters. The maximum atomic E-state index is 13.8. The first-order chi connectivity index (χ1) is 18.7. The molecule has 0 spiro atoms. The second kappa shape index (κ2) is 11.7. The van der Waals surface area contributed by atoms with E-state index in [4.69, 9.17) is 4.74 Å². The van der Waals surface area contributed by atoms with Crippen LogP contribution in [0.2, 0.25) is 0 Å². The van der Waals surface area contributed by atoms with Gasteiger partial charge in [-0.1, -0.05) is 30.3 Å². The number of hydrogen-bond donors (Lipinski definition) is 2. The van der Waals surface area contributed by atoms with E-state index in [1.165, 1.54) is 4.90 Å². The van der Waals surface area contributed by atoms with Crippen molar-refractivity contribution in [3.63, 3.8) is 0 Å². The average Bonchev–Trinajstić information content (AvgIpc) is 3.00. The zero-order valence-corrected chi connectivity index (χ0v) is 22.3. The Labute approximate surface area is 227 Å². The number of methoxy groups -OCH3 is 1. The lowest BCUT2D eigenvalue weighted by Crippen LogP contribution is -2.56. The van der Waals surface area contributed by atoms with Gasteiger partial charge in [-0.3, -0.25) is 19.8 Å². The molecule has 1 atom stereocenters. The van der Waals surface area contributed by atoms with E-state index in [9.17, 15) is 19.6 Å². The summed E-state index contributed by atoms with van der Waals surface area (Å²) in [7, 11) is 1.56. The fourth-order valence-corrected chi connectivity index (χ4v) is 4.47. The molecule has 1 aliphatic rings. The number of fused-ring (bicyclic) bond motifs is 1. The molecule has 0 saturated heterocycles. The fraction of sp³-hybridized carbons (Fsp3) is 0.241. The van der Waals surface area contributed by atoms with E-state index in [0.29, 0.717) is 33.1 Å². The number of hydroxylamine groups is 1. The minimum absolute atomic E-state index is 0.224. The van der Waals surface area contributed by atoms with Crippen LogP contribution in [0.15, 0.2) is 78.9 Å². The third-order valence-corrected chi connectivity index (χ3v) is 6.38. The van der Waals surface area contributed by atoms with Crippen molar-refractivity contribution in [1.82, 2.24) is 5.32 Å². The second-order valence-corrected chi connectivity index (χ2v) is 9.28. The Kier molecular flexibility index (Phi) is 8.14. The molecule has 39 heavy (non-hydrogen) atoms. The normalized spacial score (nSPS) is 14.9. The van der Waals surface area contributed by atoms with Crippen LogP contribution in [0.25, 0.3) is 0 Å². The molecule has 3 aromatic carbocycles. The van der Waals surface area contributed by atoms with Gasteiger partial charge in [-0.25, -0.2) is 4.79 Å². The van der Waals surface area contributed by atoms with Gasteiger partial charge in [0, 0.05) is 24.3 Å². The number of amides is 4. The zero-order chi connectivity index (χ0) is 28.1. The highest BCUT2D eigenvalue weighted by Gasteiger charge is 2.40. The Bertz CT molecular complexity index is 1390. The minimum Gasteiger partial charge on any atom is -0.622 e. The molecule has 4 rings (SSSR count). The second-order valence-electron chi connectivity index (χ2n) is 9.28. The molecule has 0 saturated carbocycles. The highest BCUT2D eigenvalue weighted by atomic mass is 16.5. The minimum atomic E-state index is -1.60. The third-order valence-electron chi connectivity index (χ3n) is 6.38. The van der Waals surface area contributed by atoms with Crippen LogP contribution in [0.5, 0.6) is 5.75 Å². The molecule has 10 heteroatoms. The standard InChI is InChI=1S/C29H31N5O5/c1-19(2)33(22-14-16-23(39-4)17-15-22)26(35)18-32-25-13-9-8-12-24(25)20(3)34(38)27(28(32)36)31-29(37)30-21-10-6-5-7-11-21/h5-17,19,27H,18H2,1-4H3,(H2,30,31,37). The number of nitrogens with one attached hydrogen (secondary N) is 2. The molecule has 202 valence electrons. The molecular formula is C29H31N5O5. The van der Waals surface area contributed by atoms with Crippen LogP contribution in [0, 0.1) is 5.21 Å². The molecule has 0 fully saturated rings. The largest absolute Gasteiger partial charge is 0.622 e. The van der Waals surface area contributed by atoms with Crippen molar-refractivity contribution >= 4 is 40.6 Å². The van der Waals surface area contributed by atoms with E-state index >= 15 is 0 Å². The summed E-state index contributed by atoms with van der Waals surface area (Å²) in [6.45, 7) is 4.97. The van der Waals surface area contributed by atoms with E-state index in [2.05, 4.69) is 10.6 Å². The molecule has 0 aliphatic carbocycles. The number of rotatable bonds is 7. The highest BCUT2D eigenvalue weighted by molar-refractivity contribution is 6.12. The first kappa shape index (κ1) is 27.2. The van der Waals surface area contributed by atoms with Gasteiger partial charge in [-0.05, 0) is 62.4 Å². The molecule has 2 N–H and O–H groups in total. The Morgan fingerprint density at radius 2 is 1.67 bits per heavy atom. The van der Waals surface area contributed by atoms with Gasteiger partial charge in [0.05, 0.1) is 18.4 Å². The van der Waals surface area contributed by atoms with Crippen molar-refractivity contribution in [3.05, 3.63) is 89.6 Å². The van der Waals surface area contributed by atoms with Gasteiger partial charge in [-0.2, -0.15) is 4.74 Å². The summed E-state index contributed by atoms with van der Waals surface area (Å²) in [6.07, 6.45) is -1.60. The number of nitrogens with zero attached hydrogens (tertiary/aromatic N) is 3. The number of urea groups is 1. The van der Waals surface area contributed by atoms with Crippen LogP contribution < -0.4 is 25.2 Å². The van der Waals surface area contributed by atoms with Crippen molar-refractivity contribution in [3.8, 4) is 5.75 Å². The van der Waals surface area contributed by atoms with E-state index in [-0.39, 0.29) is 24.2 Å². The third kappa shape index (κ3) is 5.85. The molecule has 0 radical (unpaired) electrons. The van der Waals surface area contributed by atoms with Crippen LogP contribution in [0.3, 0.4) is 0 Å². The van der Waals surface area contributed by atoms with Gasteiger partial charge in [0.2, 0.25) is 5.91 Å². The number of carbonyl (C=O) groups is 3. The zero-order valence-electron chi connectivity index (χ0n) is 22.3. The number of carbonyl (C=O) groups excluding carboxylic acids is 3. The number of para-hydroxylation sites is 2. The Hall–Kier alpha value is -4.86. The molecule has 3 aromatic rings. The topological polar surface area (TPSA) is 117 Å². The average molecular weight is 530 g/mol. The maximum absolute atomic E-state index is 13.8. The number of anilines is 3. The number of hydrogen-bond acceptors (Lipinski definition) is 5. The quantitative estimate of drug-likeness (QED) is 0.355. The Balaban J connectivity index is 1.66. The number of benzodiazepines with no additional fused rings is 1. The SMILES string of the molecule is COc1ccc(N(C(=O)CN2C(=O)C(NC(=O)Nc3ccccc3)[N+]([O-])=C(C)c3ccccc32)C(C)C)cc1. The first-order valence-electron chi connectivity index (χ1n) is 12.5. The lowest BCUT2D eigenvalue weighted by atomic mass is 10.1. The number of benzene rings is 3. The van der Waals surface area contributed by atoms with E-state index in [1.54, 1.807) is 97.8 Å². The Morgan fingerprint density at radius 1 is 1.03 bits per heavy atom. The van der Waals surface area contributed by atoms with Crippen molar-refractivity contribution < 1.29 is 23.9 Å². The molecular weight excluding hydrogens is 498 g/mol. The predicted molar refractivity (Wildman–Crippen MR) is 150 cm³/mol. The van der Waals surface area contributed by atoms with Gasteiger partial charge in [-0.15, -0.1) is 0 Å². The van der Waals surface area contributed by atoms with Crippen molar-refractivity contribution in [1.29, 1.82) is 0 Å². The molecule has 1 aliphatic heterocycles. The first-order valence-corrected chi connectivity index (χ1v) is 12.5. The highest BCUT2D eigenvalue weighted by Crippen LogP contribution is 2.27. The summed E-state index contributed by atoms with van der Waals surface area (Å²) < 4.78 is 5.70. The lowest BCUT2D eigenvalue weighted by molar-refractivity contribution is -0.489. The van der Waals surface area contributed by atoms with Gasteiger partial charge in [0.25, 0.3) is 0 Å². The van der Waals surface area contributed by atoms with Crippen LogP contribution in [0.4, 0.5) is 21.9 Å². The van der Waals surface area contributed by atoms with Crippen LogP contribution in [-0.4, -0.2) is 54.2 Å². The van der Waals surface area contributed by atoms with E-state index in [1.807, 2.05) is 13.8 Å². The maximum Gasteiger partial charge on any atom is 0.324 e. The Morgan fingerprint density at radius 3 is 2.31 bits per heavy atom. The van der Waals surface area contributed by atoms with E-state index < -0.39 is 18.1 Å². The van der Waals surface area contributed by atoms with Crippen molar-refractivity contribution in [2.24, 2.45) is 0 Å². The van der Waals surface area contributed by atoms with Gasteiger partial charge >= 0.3 is 18.1 Å².